The number of hydrogen-bond donors (Lipinski definition) is 3. The summed E-state index contributed by atoms with van der Waals surface area (Å²) >= 11 is 1.41. The largest absolute Gasteiger partial charge is 0.432 e. The maximum absolute atomic E-state index is 12.0. The predicted octanol–water partition coefficient (Wildman–Crippen LogP) is 6.23. The number of hydrogen-bond acceptors (Lipinski definition) is 10. The lowest BCUT2D eigenvalue weighted by Crippen LogP contribution is -2.46. The van der Waals surface area contributed by atoms with Crippen molar-refractivity contribution in [3.05, 3.63) is 18.2 Å². The third kappa shape index (κ3) is 7.48. The van der Waals surface area contributed by atoms with Crippen LogP contribution in [0.1, 0.15) is 65.7 Å². The minimum atomic E-state index is -2.57. The molecule has 1 aliphatic heterocycles. The first-order chi connectivity index (χ1) is 19.2. The highest BCUT2D eigenvalue weighted by atomic mass is 32.3. The molecule has 218 valence electrons. The van der Waals surface area contributed by atoms with Gasteiger partial charge in [0, 0.05) is 37.5 Å². The van der Waals surface area contributed by atoms with Gasteiger partial charge in [0.15, 0.2) is 0 Å². The molecule has 2 fully saturated rings. The van der Waals surface area contributed by atoms with Crippen molar-refractivity contribution in [2.75, 3.05) is 39.7 Å². The molecular weight excluding hydrogens is 548 g/mol. The molecule has 1 unspecified atom stereocenters. The molecule has 0 bridgehead atoms. The minimum Gasteiger partial charge on any atom is -0.372 e. The number of rotatable bonds is 11. The van der Waals surface area contributed by atoms with E-state index in [-0.39, 0.29) is 24.4 Å². The molecule has 1 aromatic carbocycles. The third-order valence-electron chi connectivity index (χ3n) is 7.53. The molecule has 2 heterocycles. The standard InChI is InChI=1S/C27H40N8O3S2/c1-4-33(5-2)22-12-13-24(25(18-22)29-20(3)36)30-31-26-34(16-9-15-28)32-27(39-26)35(21-10-7-6-8-11-21)23-14-17-40(37,38)19-23/h12-13,18,21,23,37-38H,4-11,14,16-17,19H2,1-3H3/p+1. The van der Waals surface area contributed by atoms with Gasteiger partial charge in [-0.15, -0.1) is 4.68 Å². The molecular formula is C27H41N8O3S2+. The van der Waals surface area contributed by atoms with Crippen LogP contribution < -0.4 is 19.8 Å². The Kier molecular flexibility index (Phi) is 10.3. The fraction of sp³-hybridized carbons (Fsp3) is 0.630. The van der Waals surface area contributed by atoms with Crippen molar-refractivity contribution in [2.45, 2.75) is 84.3 Å². The van der Waals surface area contributed by atoms with Crippen LogP contribution in [0.4, 0.5) is 27.3 Å². The summed E-state index contributed by atoms with van der Waals surface area (Å²) in [5.41, 5.74) is 2.10. The van der Waals surface area contributed by atoms with Crippen LogP contribution in [0, 0.1) is 11.3 Å². The van der Waals surface area contributed by atoms with Crippen molar-refractivity contribution in [3.8, 4) is 6.07 Å². The molecule has 13 heteroatoms. The van der Waals surface area contributed by atoms with Crippen LogP contribution >= 0.6 is 21.9 Å². The molecule has 0 spiro atoms. The Labute approximate surface area is 242 Å². The summed E-state index contributed by atoms with van der Waals surface area (Å²) in [6, 6.07) is 8.21. The molecule has 1 atom stereocenters. The number of nitrogens with one attached hydrogen (secondary N) is 1. The van der Waals surface area contributed by atoms with Crippen LogP contribution in [0.3, 0.4) is 0 Å². The Morgan fingerprint density at radius 2 is 1.95 bits per heavy atom. The van der Waals surface area contributed by atoms with Gasteiger partial charge < -0.3 is 15.1 Å². The first-order valence-electron chi connectivity index (χ1n) is 14.1. The molecule has 2 aromatic rings. The fourth-order valence-corrected chi connectivity index (χ4v) is 8.34. The highest BCUT2D eigenvalue weighted by Gasteiger charge is 2.39. The summed E-state index contributed by atoms with van der Waals surface area (Å²) in [6.07, 6.45) is 6.59. The maximum atomic E-state index is 12.0. The number of carbonyl (C=O) groups excluding carboxylic acids is 1. The number of nitrogens with zero attached hydrogens (tertiary/aromatic N) is 7. The van der Waals surface area contributed by atoms with Gasteiger partial charge in [0.05, 0.1) is 35.1 Å². The Balaban J connectivity index is 1.69. The first-order valence-corrected chi connectivity index (χ1v) is 16.8. The average Bonchev–Trinajstić information content (AvgIpc) is 3.50. The summed E-state index contributed by atoms with van der Waals surface area (Å²) in [5, 5.41) is 27.4. The third-order valence-corrected chi connectivity index (χ3v) is 10.3. The zero-order valence-corrected chi connectivity index (χ0v) is 25.3. The van der Waals surface area contributed by atoms with Gasteiger partial charge in [0.1, 0.15) is 12.2 Å². The smallest absolute Gasteiger partial charge is 0.372 e. The highest BCUT2D eigenvalue weighted by molar-refractivity contribution is 8.24. The normalized spacial score (nSPS) is 19.9. The Morgan fingerprint density at radius 3 is 2.58 bits per heavy atom. The number of nitriles is 1. The van der Waals surface area contributed by atoms with E-state index in [1.165, 1.54) is 24.7 Å². The van der Waals surface area contributed by atoms with Crippen molar-refractivity contribution >= 4 is 55.2 Å². The van der Waals surface area contributed by atoms with E-state index in [2.05, 4.69) is 45.3 Å². The van der Waals surface area contributed by atoms with Gasteiger partial charge >= 0.3 is 5.13 Å². The van der Waals surface area contributed by atoms with E-state index in [1.807, 2.05) is 18.2 Å². The van der Waals surface area contributed by atoms with Crippen LogP contribution in [-0.2, 0) is 11.3 Å². The summed E-state index contributed by atoms with van der Waals surface area (Å²) in [5.74, 6) is 0.586. The number of anilines is 3. The lowest BCUT2D eigenvalue weighted by Gasteiger charge is -2.38. The summed E-state index contributed by atoms with van der Waals surface area (Å²) < 4.78 is 22.5. The first kappa shape index (κ1) is 30.2. The zero-order valence-electron chi connectivity index (χ0n) is 23.6. The SMILES string of the molecule is CCN(CC)c1ccc(N=Nc2sc(N(C3CCCCC3)C3CCS(O)(O)C3)n[n+]2CCC#N)c(NC(C)=O)c1. The number of carbonyl (C=O) groups is 1. The highest BCUT2D eigenvalue weighted by Crippen LogP contribution is 2.49. The second-order valence-corrected chi connectivity index (χ2v) is 13.6. The molecule has 40 heavy (non-hydrogen) atoms. The number of azo groups is 1. The van der Waals surface area contributed by atoms with E-state index in [1.54, 1.807) is 4.68 Å². The molecule has 1 saturated carbocycles. The van der Waals surface area contributed by atoms with Gasteiger partial charge in [-0.3, -0.25) is 13.9 Å². The molecule has 11 nitrogen and oxygen atoms in total. The molecule has 3 N–H and O–H groups in total. The van der Waals surface area contributed by atoms with E-state index in [0.717, 1.165) is 49.6 Å². The van der Waals surface area contributed by atoms with Crippen molar-refractivity contribution in [1.29, 1.82) is 5.26 Å². The topological polar surface area (TPSA) is 141 Å². The molecule has 1 amide bonds. The molecule has 1 aliphatic carbocycles. The van der Waals surface area contributed by atoms with Crippen molar-refractivity contribution < 1.29 is 18.6 Å². The Morgan fingerprint density at radius 1 is 1.20 bits per heavy atom. The van der Waals surface area contributed by atoms with Gasteiger partial charge in [-0.25, -0.2) is 0 Å². The molecule has 1 saturated heterocycles. The van der Waals surface area contributed by atoms with Crippen molar-refractivity contribution in [2.24, 2.45) is 10.2 Å². The molecule has 0 radical (unpaired) electrons. The van der Waals surface area contributed by atoms with Crippen LogP contribution in [0.5, 0.6) is 0 Å². The van der Waals surface area contributed by atoms with E-state index in [9.17, 15) is 19.2 Å². The van der Waals surface area contributed by atoms with Crippen LogP contribution in [-0.4, -0.2) is 56.8 Å². The minimum absolute atomic E-state index is 0.00689. The van der Waals surface area contributed by atoms with Crippen LogP contribution in [0.15, 0.2) is 28.4 Å². The second-order valence-electron chi connectivity index (χ2n) is 10.4. The van der Waals surface area contributed by atoms with Gasteiger partial charge in [0.2, 0.25) is 11.0 Å². The van der Waals surface area contributed by atoms with Crippen LogP contribution in [0.25, 0.3) is 0 Å². The molecule has 1 aromatic heterocycles. The van der Waals surface area contributed by atoms with Gasteiger partial charge in [-0.1, -0.05) is 24.4 Å². The van der Waals surface area contributed by atoms with Gasteiger partial charge in [-0.2, -0.15) is 15.9 Å². The van der Waals surface area contributed by atoms with E-state index in [4.69, 9.17) is 5.10 Å². The second kappa shape index (κ2) is 13.7. The summed E-state index contributed by atoms with van der Waals surface area (Å²) in [4.78, 5) is 16.4. The number of aromatic nitrogens is 2. The number of aryl methyl sites for hydroxylation is 1. The van der Waals surface area contributed by atoms with Gasteiger partial charge in [0.25, 0.3) is 0 Å². The van der Waals surface area contributed by atoms with Gasteiger partial charge in [-0.05, 0) is 67.8 Å². The predicted molar refractivity (Wildman–Crippen MR) is 161 cm³/mol. The fourth-order valence-electron chi connectivity index (χ4n) is 5.55. The zero-order chi connectivity index (χ0) is 28.7. The lowest BCUT2D eigenvalue weighted by molar-refractivity contribution is -0.735. The Bertz CT molecular complexity index is 1230. The average molecular weight is 590 g/mol. The van der Waals surface area contributed by atoms with E-state index in [0.29, 0.717) is 41.0 Å². The summed E-state index contributed by atoms with van der Waals surface area (Å²) in [6.45, 7) is 7.69. The summed E-state index contributed by atoms with van der Waals surface area (Å²) in [7, 11) is -2.57. The monoisotopic (exact) mass is 589 g/mol. The Hall–Kier alpha value is -2.79. The van der Waals surface area contributed by atoms with E-state index < -0.39 is 10.6 Å². The number of benzene rings is 1. The molecule has 4 rings (SSSR count). The van der Waals surface area contributed by atoms with E-state index >= 15 is 0 Å². The quantitative estimate of drug-likeness (QED) is 0.208. The lowest BCUT2D eigenvalue weighted by atomic mass is 9.93. The van der Waals surface area contributed by atoms with Crippen LogP contribution in [0.2, 0.25) is 0 Å². The van der Waals surface area contributed by atoms with Crippen molar-refractivity contribution in [1.82, 2.24) is 5.10 Å². The molecule has 2 aliphatic rings. The maximum Gasteiger partial charge on any atom is 0.432 e. The van der Waals surface area contributed by atoms with Crippen molar-refractivity contribution in [3.63, 3.8) is 0 Å². The number of amides is 1.